The van der Waals surface area contributed by atoms with Crippen LogP contribution in [-0.2, 0) is 6.42 Å². The fourth-order valence-electron chi connectivity index (χ4n) is 3.97. The van der Waals surface area contributed by atoms with Crippen LogP contribution in [0.5, 0.6) is 5.75 Å². The monoisotopic (exact) mass is 400 g/mol. The maximum atomic E-state index is 13.4. The second kappa shape index (κ2) is 9.35. The lowest BCUT2D eigenvalue weighted by Gasteiger charge is -2.31. The number of nitrogens with one attached hydrogen (secondary N) is 1. The van der Waals surface area contributed by atoms with Crippen molar-refractivity contribution in [3.8, 4) is 5.75 Å². The van der Waals surface area contributed by atoms with Crippen LogP contribution >= 0.6 is 11.6 Å². The lowest BCUT2D eigenvalue weighted by atomic mass is 9.93. The highest BCUT2D eigenvalue weighted by atomic mass is 35.5. The Labute approximate surface area is 171 Å². The van der Waals surface area contributed by atoms with Crippen molar-refractivity contribution in [1.29, 1.82) is 0 Å². The molecule has 1 heterocycles. The zero-order valence-electron chi connectivity index (χ0n) is 16.5. The van der Waals surface area contributed by atoms with Crippen LogP contribution in [0.15, 0.2) is 42.5 Å². The third-order valence-electron chi connectivity index (χ3n) is 5.54. The fourth-order valence-corrected chi connectivity index (χ4v) is 4.10. The summed E-state index contributed by atoms with van der Waals surface area (Å²) < 4.78 is 5.52. The van der Waals surface area contributed by atoms with Crippen LogP contribution in [0.3, 0.4) is 0 Å². The first kappa shape index (κ1) is 20.6. The van der Waals surface area contributed by atoms with Gasteiger partial charge in [-0.05, 0) is 68.7 Å². The summed E-state index contributed by atoms with van der Waals surface area (Å²) in [7, 11) is 1.62. The molecular weight excluding hydrogens is 374 g/mol. The Kier molecular flexibility index (Phi) is 6.87. The molecule has 3 rings (SSSR count). The summed E-state index contributed by atoms with van der Waals surface area (Å²) in [4.78, 5) is 26.6. The molecule has 0 aliphatic carbocycles. The summed E-state index contributed by atoms with van der Waals surface area (Å²) in [6.07, 6.45) is 4.02. The molecule has 5 heteroatoms. The SMILES string of the molecule is COc1ccc(C(C)=O)cc1C[C@H](C(=O)c1ccc(Cl)cc1)[NH+]1CCCCC1. The summed E-state index contributed by atoms with van der Waals surface area (Å²) >= 11 is 6.00. The minimum atomic E-state index is -0.211. The molecule has 1 atom stereocenters. The number of methoxy groups -OCH3 is 1. The summed E-state index contributed by atoms with van der Waals surface area (Å²) in [5, 5.41) is 0.620. The zero-order chi connectivity index (χ0) is 20.1. The number of Topliss-reactive ketones (excluding diaryl/α,β-unsaturated/α-hetero) is 2. The maximum absolute atomic E-state index is 13.4. The van der Waals surface area contributed by atoms with Gasteiger partial charge in [0.1, 0.15) is 5.75 Å². The van der Waals surface area contributed by atoms with E-state index in [0.717, 1.165) is 37.2 Å². The molecule has 0 spiro atoms. The van der Waals surface area contributed by atoms with E-state index in [1.807, 2.05) is 12.1 Å². The second-order valence-corrected chi connectivity index (χ2v) is 7.87. The van der Waals surface area contributed by atoms with Crippen molar-refractivity contribution < 1.29 is 19.2 Å². The van der Waals surface area contributed by atoms with E-state index in [-0.39, 0.29) is 17.6 Å². The van der Waals surface area contributed by atoms with Gasteiger partial charge in [-0.15, -0.1) is 0 Å². The van der Waals surface area contributed by atoms with Gasteiger partial charge >= 0.3 is 0 Å². The van der Waals surface area contributed by atoms with Crippen molar-refractivity contribution in [2.45, 2.75) is 38.6 Å². The first-order valence-corrected chi connectivity index (χ1v) is 10.2. The molecule has 0 amide bonds. The van der Waals surface area contributed by atoms with Crippen LogP contribution in [0.25, 0.3) is 0 Å². The minimum Gasteiger partial charge on any atom is -0.496 e. The lowest BCUT2D eigenvalue weighted by molar-refractivity contribution is -0.920. The van der Waals surface area contributed by atoms with Crippen molar-refractivity contribution in [2.75, 3.05) is 20.2 Å². The van der Waals surface area contributed by atoms with Gasteiger partial charge in [0.15, 0.2) is 11.8 Å². The molecule has 0 radical (unpaired) electrons. The molecule has 1 aliphatic heterocycles. The number of ketones is 2. The molecule has 0 saturated carbocycles. The van der Waals surface area contributed by atoms with Crippen LogP contribution in [0.4, 0.5) is 0 Å². The highest BCUT2D eigenvalue weighted by molar-refractivity contribution is 6.30. The number of halogens is 1. The summed E-state index contributed by atoms with van der Waals surface area (Å²) in [5.41, 5.74) is 2.22. The van der Waals surface area contributed by atoms with Gasteiger partial charge in [0.05, 0.1) is 20.2 Å². The number of piperidine rings is 1. The Bertz CT molecular complexity index is 841. The van der Waals surface area contributed by atoms with Crippen molar-refractivity contribution >= 4 is 23.2 Å². The largest absolute Gasteiger partial charge is 0.496 e. The highest BCUT2D eigenvalue weighted by Crippen LogP contribution is 2.23. The number of benzene rings is 2. The highest BCUT2D eigenvalue weighted by Gasteiger charge is 2.32. The molecule has 1 saturated heterocycles. The molecule has 1 N–H and O–H groups in total. The maximum Gasteiger partial charge on any atom is 0.220 e. The molecule has 1 fully saturated rings. The average molecular weight is 401 g/mol. The standard InChI is InChI=1S/C23H26ClNO3/c1-16(26)18-8-11-22(28-2)19(14-18)15-21(25-12-4-3-5-13-25)23(27)17-6-9-20(24)10-7-17/h6-11,14,21H,3-5,12-13,15H2,1-2H3/p+1/t21-/m1/s1. The number of carbonyl (C=O) groups is 2. The molecule has 4 nitrogen and oxygen atoms in total. The van der Waals surface area contributed by atoms with Gasteiger partial charge in [-0.2, -0.15) is 0 Å². The van der Waals surface area contributed by atoms with E-state index >= 15 is 0 Å². The number of hydrogen-bond acceptors (Lipinski definition) is 3. The van der Waals surface area contributed by atoms with Crippen molar-refractivity contribution in [3.63, 3.8) is 0 Å². The van der Waals surface area contributed by atoms with Gasteiger partial charge in [-0.25, -0.2) is 0 Å². The predicted molar refractivity (Wildman–Crippen MR) is 111 cm³/mol. The van der Waals surface area contributed by atoms with Gasteiger partial charge in [0.2, 0.25) is 5.78 Å². The molecule has 28 heavy (non-hydrogen) atoms. The number of hydrogen-bond donors (Lipinski definition) is 1. The van der Waals surface area contributed by atoms with Gasteiger partial charge in [0, 0.05) is 28.1 Å². The third kappa shape index (κ3) is 4.81. The van der Waals surface area contributed by atoms with E-state index in [0.29, 0.717) is 22.6 Å². The number of quaternary nitrogens is 1. The molecule has 2 aromatic carbocycles. The predicted octanol–water partition coefficient (Wildman–Crippen LogP) is 3.41. The third-order valence-corrected chi connectivity index (χ3v) is 5.80. The van der Waals surface area contributed by atoms with E-state index in [2.05, 4.69) is 0 Å². The number of likely N-dealkylation sites (tertiary alicyclic amines) is 1. The molecule has 0 aromatic heterocycles. The first-order chi connectivity index (χ1) is 13.5. The van der Waals surface area contributed by atoms with Crippen LogP contribution in [0.1, 0.15) is 52.5 Å². The number of carbonyl (C=O) groups excluding carboxylic acids is 2. The van der Waals surface area contributed by atoms with Gasteiger partial charge in [0.25, 0.3) is 0 Å². The number of ether oxygens (including phenoxy) is 1. The Morgan fingerprint density at radius 2 is 1.68 bits per heavy atom. The van der Waals surface area contributed by atoms with Crippen molar-refractivity contribution in [2.24, 2.45) is 0 Å². The lowest BCUT2D eigenvalue weighted by Crippen LogP contribution is -3.17. The van der Waals surface area contributed by atoms with Crippen molar-refractivity contribution in [1.82, 2.24) is 0 Å². The zero-order valence-corrected chi connectivity index (χ0v) is 17.2. The van der Waals surface area contributed by atoms with Crippen LogP contribution in [-0.4, -0.2) is 37.8 Å². The molecule has 0 bridgehead atoms. The summed E-state index contributed by atoms with van der Waals surface area (Å²) in [6, 6.07) is 12.4. The van der Waals surface area contributed by atoms with Crippen LogP contribution < -0.4 is 9.64 Å². The Hall–Kier alpha value is -2.17. The Morgan fingerprint density at radius 3 is 2.29 bits per heavy atom. The minimum absolute atomic E-state index is 0.00907. The smallest absolute Gasteiger partial charge is 0.220 e. The van der Waals surface area contributed by atoms with Crippen LogP contribution in [0.2, 0.25) is 5.02 Å². The van der Waals surface area contributed by atoms with E-state index in [4.69, 9.17) is 16.3 Å². The summed E-state index contributed by atoms with van der Waals surface area (Å²) in [6.45, 7) is 3.52. The second-order valence-electron chi connectivity index (χ2n) is 7.43. The Balaban J connectivity index is 1.95. The number of rotatable bonds is 7. The van der Waals surface area contributed by atoms with E-state index in [9.17, 15) is 9.59 Å². The van der Waals surface area contributed by atoms with Crippen LogP contribution in [0, 0.1) is 0 Å². The topological polar surface area (TPSA) is 47.8 Å². The van der Waals surface area contributed by atoms with Gasteiger partial charge in [-0.1, -0.05) is 11.6 Å². The molecule has 2 aromatic rings. The van der Waals surface area contributed by atoms with Gasteiger partial charge < -0.3 is 9.64 Å². The fraction of sp³-hybridized carbons (Fsp3) is 0.391. The molecular formula is C23H27ClNO3+. The van der Waals surface area contributed by atoms with E-state index in [1.165, 1.54) is 11.3 Å². The molecule has 148 valence electrons. The normalized spacial score (nSPS) is 15.8. The van der Waals surface area contributed by atoms with E-state index < -0.39 is 0 Å². The van der Waals surface area contributed by atoms with Crippen molar-refractivity contribution in [3.05, 3.63) is 64.2 Å². The van der Waals surface area contributed by atoms with Gasteiger partial charge in [-0.3, -0.25) is 9.59 Å². The molecule has 0 unspecified atom stereocenters. The van der Waals surface area contributed by atoms with E-state index in [1.54, 1.807) is 44.4 Å². The molecule has 1 aliphatic rings. The summed E-state index contributed by atoms with van der Waals surface area (Å²) in [5.74, 6) is 0.842. The Morgan fingerprint density at radius 1 is 1.04 bits per heavy atom. The first-order valence-electron chi connectivity index (χ1n) is 9.82. The quantitative estimate of drug-likeness (QED) is 0.724. The average Bonchev–Trinajstić information content (AvgIpc) is 2.72.